The number of nitrogen functional groups attached to an aromatic ring is 1. The lowest BCUT2D eigenvalue weighted by molar-refractivity contribution is -0.384. The highest BCUT2D eigenvalue weighted by Crippen LogP contribution is 2.27. The molecule has 118 valence electrons. The number of nitrogens with one attached hydrogen (secondary N) is 1. The highest BCUT2D eigenvalue weighted by molar-refractivity contribution is 7.89. The standard InChI is InChI=1S/C11H18N4O5S/c1-8(16)5-6-14(2)21(19,20)9-3-4-11(15(17)18)10(7-9)13-12/h3-4,7-8,13,16H,5-6,12H2,1-2H3. The quantitative estimate of drug-likeness (QED) is 0.372. The van der Waals surface area contributed by atoms with Crippen molar-refractivity contribution in [3.05, 3.63) is 28.3 Å². The highest BCUT2D eigenvalue weighted by Gasteiger charge is 2.24. The minimum absolute atomic E-state index is 0.0926. The fourth-order valence-electron chi connectivity index (χ4n) is 1.62. The predicted molar refractivity (Wildman–Crippen MR) is 77.0 cm³/mol. The van der Waals surface area contributed by atoms with E-state index in [1.807, 2.05) is 0 Å². The van der Waals surface area contributed by atoms with Gasteiger partial charge in [-0.25, -0.2) is 12.7 Å². The van der Waals surface area contributed by atoms with Gasteiger partial charge < -0.3 is 10.5 Å². The second-order valence-electron chi connectivity index (χ2n) is 4.54. The van der Waals surface area contributed by atoms with E-state index in [0.717, 1.165) is 22.5 Å². The normalized spacial score (nSPS) is 13.2. The van der Waals surface area contributed by atoms with E-state index in [4.69, 9.17) is 5.84 Å². The number of nitrogens with two attached hydrogens (primary N) is 1. The molecule has 10 heteroatoms. The summed E-state index contributed by atoms with van der Waals surface area (Å²) in [6.07, 6.45) is -0.342. The van der Waals surface area contributed by atoms with Crippen molar-refractivity contribution in [3.8, 4) is 0 Å². The average Bonchev–Trinajstić information content (AvgIpc) is 2.43. The molecule has 0 aliphatic rings. The molecule has 1 aromatic carbocycles. The summed E-state index contributed by atoms with van der Waals surface area (Å²) in [5, 5.41) is 20.0. The monoisotopic (exact) mass is 318 g/mol. The molecule has 0 saturated carbocycles. The van der Waals surface area contributed by atoms with Crippen molar-refractivity contribution in [2.75, 3.05) is 19.0 Å². The van der Waals surface area contributed by atoms with E-state index >= 15 is 0 Å². The Balaban J connectivity index is 3.11. The molecule has 0 saturated heterocycles. The van der Waals surface area contributed by atoms with Crippen LogP contribution in [0.3, 0.4) is 0 Å². The third-order valence-corrected chi connectivity index (χ3v) is 4.74. The number of hydrogen-bond donors (Lipinski definition) is 3. The topological polar surface area (TPSA) is 139 Å². The Morgan fingerprint density at radius 1 is 1.52 bits per heavy atom. The van der Waals surface area contributed by atoms with Crippen LogP contribution in [0.5, 0.6) is 0 Å². The molecular weight excluding hydrogens is 300 g/mol. The zero-order valence-corrected chi connectivity index (χ0v) is 12.5. The first-order valence-electron chi connectivity index (χ1n) is 6.09. The van der Waals surface area contributed by atoms with E-state index in [1.54, 1.807) is 6.92 Å². The lowest BCUT2D eigenvalue weighted by atomic mass is 10.3. The van der Waals surface area contributed by atoms with E-state index in [9.17, 15) is 23.6 Å². The molecular formula is C11H18N4O5S. The van der Waals surface area contributed by atoms with Crippen LogP contribution in [-0.4, -0.2) is 42.4 Å². The van der Waals surface area contributed by atoms with Gasteiger partial charge in [-0.15, -0.1) is 0 Å². The van der Waals surface area contributed by atoms with Crippen LogP contribution in [0.1, 0.15) is 13.3 Å². The van der Waals surface area contributed by atoms with Gasteiger partial charge in [-0.3, -0.25) is 16.0 Å². The molecule has 0 aromatic heterocycles. The molecule has 0 heterocycles. The molecule has 1 rings (SSSR count). The largest absolute Gasteiger partial charge is 0.393 e. The predicted octanol–water partition coefficient (Wildman–Crippen LogP) is 0.272. The molecule has 1 atom stereocenters. The van der Waals surface area contributed by atoms with Gasteiger partial charge in [0.1, 0.15) is 5.69 Å². The Morgan fingerprint density at radius 2 is 2.14 bits per heavy atom. The van der Waals surface area contributed by atoms with Crippen LogP contribution < -0.4 is 11.3 Å². The van der Waals surface area contributed by atoms with Crippen LogP contribution in [0.2, 0.25) is 0 Å². The Hall–Kier alpha value is -1.75. The Morgan fingerprint density at radius 3 is 2.62 bits per heavy atom. The second-order valence-corrected chi connectivity index (χ2v) is 6.59. The Labute approximate surface area is 122 Å². The number of hydrazine groups is 1. The van der Waals surface area contributed by atoms with Gasteiger partial charge in [0, 0.05) is 19.7 Å². The van der Waals surface area contributed by atoms with Crippen molar-refractivity contribution in [1.29, 1.82) is 0 Å². The number of benzene rings is 1. The van der Waals surface area contributed by atoms with E-state index in [-0.39, 0.29) is 29.2 Å². The van der Waals surface area contributed by atoms with Crippen molar-refractivity contribution in [2.45, 2.75) is 24.3 Å². The van der Waals surface area contributed by atoms with Crippen molar-refractivity contribution in [2.24, 2.45) is 5.84 Å². The maximum absolute atomic E-state index is 12.3. The minimum atomic E-state index is -3.81. The summed E-state index contributed by atoms with van der Waals surface area (Å²) in [6, 6.07) is 3.32. The zero-order chi connectivity index (χ0) is 16.2. The first-order chi connectivity index (χ1) is 9.70. The van der Waals surface area contributed by atoms with Gasteiger partial charge in [-0.2, -0.15) is 0 Å². The smallest absolute Gasteiger partial charge is 0.293 e. The van der Waals surface area contributed by atoms with Crippen LogP contribution in [0.25, 0.3) is 0 Å². The third kappa shape index (κ3) is 4.11. The Kier molecular flexibility index (Phi) is 5.61. The first-order valence-corrected chi connectivity index (χ1v) is 7.53. The van der Waals surface area contributed by atoms with Crippen molar-refractivity contribution < 1.29 is 18.4 Å². The molecule has 1 aromatic rings. The molecule has 0 amide bonds. The summed E-state index contributed by atoms with van der Waals surface area (Å²) in [6.45, 7) is 1.69. The summed E-state index contributed by atoms with van der Waals surface area (Å²) in [5.41, 5.74) is 1.70. The summed E-state index contributed by atoms with van der Waals surface area (Å²) >= 11 is 0. The van der Waals surface area contributed by atoms with Gasteiger partial charge in [-0.05, 0) is 25.5 Å². The fraction of sp³-hybridized carbons (Fsp3) is 0.455. The third-order valence-electron chi connectivity index (χ3n) is 2.89. The van der Waals surface area contributed by atoms with Crippen LogP contribution >= 0.6 is 0 Å². The van der Waals surface area contributed by atoms with E-state index in [1.165, 1.54) is 7.05 Å². The van der Waals surface area contributed by atoms with Gasteiger partial charge in [-0.1, -0.05) is 0 Å². The molecule has 0 aliphatic carbocycles. The second kappa shape index (κ2) is 6.80. The van der Waals surface area contributed by atoms with Crippen LogP contribution in [0.4, 0.5) is 11.4 Å². The number of hydrogen-bond acceptors (Lipinski definition) is 7. The number of rotatable bonds is 7. The van der Waals surface area contributed by atoms with Gasteiger partial charge >= 0.3 is 0 Å². The van der Waals surface area contributed by atoms with Gasteiger partial charge in [0.15, 0.2) is 0 Å². The van der Waals surface area contributed by atoms with Gasteiger partial charge in [0.2, 0.25) is 10.0 Å². The van der Waals surface area contributed by atoms with Gasteiger partial charge in [0.25, 0.3) is 5.69 Å². The van der Waals surface area contributed by atoms with E-state index in [2.05, 4.69) is 5.43 Å². The minimum Gasteiger partial charge on any atom is -0.393 e. The first kappa shape index (κ1) is 17.3. The van der Waals surface area contributed by atoms with Crippen LogP contribution in [0.15, 0.2) is 23.1 Å². The number of nitro groups is 1. The highest BCUT2D eigenvalue weighted by atomic mass is 32.2. The number of aliphatic hydroxyl groups is 1. The molecule has 0 spiro atoms. The zero-order valence-electron chi connectivity index (χ0n) is 11.7. The number of sulfonamides is 1. The van der Waals surface area contributed by atoms with Crippen molar-refractivity contribution >= 4 is 21.4 Å². The number of aliphatic hydroxyl groups excluding tert-OH is 1. The molecule has 21 heavy (non-hydrogen) atoms. The molecule has 4 N–H and O–H groups in total. The fourth-order valence-corrected chi connectivity index (χ4v) is 2.83. The van der Waals surface area contributed by atoms with Crippen molar-refractivity contribution in [3.63, 3.8) is 0 Å². The average molecular weight is 318 g/mol. The summed E-state index contributed by atoms with van der Waals surface area (Å²) in [5.74, 6) is 5.18. The number of nitro benzene ring substituents is 1. The van der Waals surface area contributed by atoms with Crippen LogP contribution in [-0.2, 0) is 10.0 Å². The van der Waals surface area contributed by atoms with Crippen LogP contribution in [0, 0.1) is 10.1 Å². The maximum Gasteiger partial charge on any atom is 0.293 e. The number of anilines is 1. The molecule has 0 aliphatic heterocycles. The summed E-state index contributed by atoms with van der Waals surface area (Å²) < 4.78 is 25.7. The molecule has 1 unspecified atom stereocenters. The van der Waals surface area contributed by atoms with Crippen molar-refractivity contribution in [1.82, 2.24) is 4.31 Å². The lowest BCUT2D eigenvalue weighted by Gasteiger charge is -2.18. The summed E-state index contributed by atoms with van der Waals surface area (Å²) in [4.78, 5) is 9.99. The lowest BCUT2D eigenvalue weighted by Crippen LogP contribution is -2.29. The SMILES string of the molecule is CC(O)CCN(C)S(=O)(=O)c1ccc([N+](=O)[O-])c(NN)c1. The molecule has 0 radical (unpaired) electrons. The Bertz CT molecular complexity index is 617. The van der Waals surface area contributed by atoms with E-state index in [0.29, 0.717) is 0 Å². The van der Waals surface area contributed by atoms with E-state index < -0.39 is 21.1 Å². The summed E-state index contributed by atoms with van der Waals surface area (Å²) in [7, 11) is -2.44. The number of nitrogens with zero attached hydrogens (tertiary/aromatic N) is 2. The molecule has 0 fully saturated rings. The molecule has 0 bridgehead atoms. The maximum atomic E-state index is 12.3. The molecule has 9 nitrogen and oxygen atoms in total. The van der Waals surface area contributed by atoms with Gasteiger partial charge in [0.05, 0.1) is 15.9 Å².